The largest absolute Gasteiger partial charge is 0.331 e. The van der Waals surface area contributed by atoms with E-state index < -0.39 is 21.9 Å². The van der Waals surface area contributed by atoms with E-state index in [4.69, 9.17) is 0 Å². The second kappa shape index (κ2) is 8.08. The summed E-state index contributed by atoms with van der Waals surface area (Å²) in [6, 6.07) is 11.7. The number of benzene rings is 2. The lowest BCUT2D eigenvalue weighted by Crippen LogP contribution is -2.46. The first kappa shape index (κ1) is 19.4. The van der Waals surface area contributed by atoms with Crippen LogP contribution in [0.15, 0.2) is 53.4 Å². The van der Waals surface area contributed by atoms with Crippen LogP contribution < -0.4 is 4.72 Å². The molecule has 7 heteroatoms. The average molecular weight is 390 g/mol. The van der Waals surface area contributed by atoms with Gasteiger partial charge in [-0.2, -0.15) is 0 Å². The zero-order valence-electron chi connectivity index (χ0n) is 15.2. The average Bonchev–Trinajstić information content (AvgIpc) is 3.15. The number of urea groups is 1. The van der Waals surface area contributed by atoms with Crippen molar-refractivity contribution in [2.75, 3.05) is 0 Å². The van der Waals surface area contributed by atoms with Crippen molar-refractivity contribution in [3.05, 3.63) is 65.5 Å². The molecule has 27 heavy (non-hydrogen) atoms. The predicted molar refractivity (Wildman–Crippen MR) is 101 cm³/mol. The van der Waals surface area contributed by atoms with Crippen LogP contribution in [0, 0.1) is 12.7 Å². The fourth-order valence-corrected chi connectivity index (χ4v) is 4.30. The van der Waals surface area contributed by atoms with E-state index in [1.54, 1.807) is 30.3 Å². The third kappa shape index (κ3) is 4.66. The normalized spacial score (nSPS) is 14.9. The summed E-state index contributed by atoms with van der Waals surface area (Å²) in [5.74, 6) is -0.408. The Labute approximate surface area is 159 Å². The van der Waals surface area contributed by atoms with E-state index in [2.05, 4.69) is 4.72 Å². The fourth-order valence-electron chi connectivity index (χ4n) is 3.34. The van der Waals surface area contributed by atoms with E-state index in [1.165, 1.54) is 23.1 Å². The van der Waals surface area contributed by atoms with Crippen LogP contribution in [-0.4, -0.2) is 25.4 Å². The van der Waals surface area contributed by atoms with Crippen LogP contribution in [0.3, 0.4) is 0 Å². The van der Waals surface area contributed by atoms with Gasteiger partial charge in [-0.15, -0.1) is 0 Å². The van der Waals surface area contributed by atoms with Crippen molar-refractivity contribution in [1.29, 1.82) is 0 Å². The summed E-state index contributed by atoms with van der Waals surface area (Å²) in [5.41, 5.74) is 1.29. The number of carbonyl (C=O) groups is 1. The van der Waals surface area contributed by atoms with E-state index in [0.717, 1.165) is 31.2 Å². The molecule has 5 nitrogen and oxygen atoms in total. The molecule has 0 spiro atoms. The first-order chi connectivity index (χ1) is 12.9. The van der Waals surface area contributed by atoms with E-state index in [9.17, 15) is 17.6 Å². The summed E-state index contributed by atoms with van der Waals surface area (Å²) in [4.78, 5) is 14.3. The van der Waals surface area contributed by atoms with Gasteiger partial charge >= 0.3 is 6.03 Å². The highest BCUT2D eigenvalue weighted by Gasteiger charge is 2.30. The molecule has 0 aliphatic heterocycles. The molecule has 1 N–H and O–H groups in total. The molecule has 0 atom stereocenters. The summed E-state index contributed by atoms with van der Waals surface area (Å²) >= 11 is 0. The lowest BCUT2D eigenvalue weighted by Gasteiger charge is -2.29. The van der Waals surface area contributed by atoms with Gasteiger partial charge < -0.3 is 4.90 Å². The molecule has 1 aliphatic rings. The maximum absolute atomic E-state index is 14.1. The maximum atomic E-state index is 14.1. The lowest BCUT2D eigenvalue weighted by molar-refractivity contribution is 0.176. The van der Waals surface area contributed by atoms with Crippen LogP contribution in [0.1, 0.15) is 36.8 Å². The summed E-state index contributed by atoms with van der Waals surface area (Å²) < 4.78 is 41.3. The molecule has 2 aromatic rings. The smallest absolute Gasteiger partial charge is 0.317 e. The van der Waals surface area contributed by atoms with Crippen molar-refractivity contribution < 1.29 is 17.6 Å². The van der Waals surface area contributed by atoms with Gasteiger partial charge in [-0.1, -0.05) is 48.7 Å². The summed E-state index contributed by atoms with van der Waals surface area (Å²) in [6.07, 6.45) is 3.51. The number of rotatable bonds is 5. The molecular formula is C20H23FN2O3S. The van der Waals surface area contributed by atoms with E-state index in [-0.39, 0.29) is 17.5 Å². The minimum atomic E-state index is -3.99. The molecule has 2 aromatic carbocycles. The van der Waals surface area contributed by atoms with Crippen LogP contribution >= 0.6 is 0 Å². The molecule has 1 fully saturated rings. The standard InChI is InChI=1S/C20H23FN2O3S/c1-15-10-12-18(13-11-15)27(25,26)22-20(24)23(17-7-3-4-8-17)14-16-6-2-5-9-19(16)21/h2,5-6,9-13,17H,3-4,7-8,14H2,1H3,(H,22,24). The summed E-state index contributed by atoms with van der Waals surface area (Å²) in [6.45, 7) is 1.89. The molecule has 0 bridgehead atoms. The first-order valence-electron chi connectivity index (χ1n) is 9.00. The highest BCUT2D eigenvalue weighted by atomic mass is 32.2. The van der Waals surface area contributed by atoms with Crippen LogP contribution in [-0.2, 0) is 16.6 Å². The maximum Gasteiger partial charge on any atom is 0.331 e. The second-order valence-electron chi connectivity index (χ2n) is 6.88. The number of nitrogens with one attached hydrogen (secondary N) is 1. The molecule has 0 saturated heterocycles. The molecule has 1 aliphatic carbocycles. The van der Waals surface area contributed by atoms with Crippen LogP contribution in [0.4, 0.5) is 9.18 Å². The number of halogens is 1. The van der Waals surface area contributed by atoms with Crippen LogP contribution in [0.5, 0.6) is 0 Å². The fraction of sp³-hybridized carbons (Fsp3) is 0.350. The monoisotopic (exact) mass is 390 g/mol. The summed E-state index contributed by atoms with van der Waals surface area (Å²) in [7, 11) is -3.99. The van der Waals surface area contributed by atoms with E-state index >= 15 is 0 Å². The predicted octanol–water partition coefficient (Wildman–Crippen LogP) is 3.98. The van der Waals surface area contributed by atoms with Crippen molar-refractivity contribution in [3.8, 4) is 0 Å². The highest BCUT2D eigenvalue weighted by molar-refractivity contribution is 7.90. The van der Waals surface area contributed by atoms with Crippen molar-refractivity contribution in [3.63, 3.8) is 0 Å². The Balaban J connectivity index is 1.82. The third-order valence-electron chi connectivity index (χ3n) is 4.88. The van der Waals surface area contributed by atoms with Gasteiger partial charge in [0, 0.05) is 11.6 Å². The Morgan fingerprint density at radius 1 is 1.11 bits per heavy atom. The Hall–Kier alpha value is -2.41. The Morgan fingerprint density at radius 3 is 2.37 bits per heavy atom. The molecule has 0 unspecified atom stereocenters. The Morgan fingerprint density at radius 2 is 1.74 bits per heavy atom. The number of carbonyl (C=O) groups excluding carboxylic acids is 1. The SMILES string of the molecule is Cc1ccc(S(=O)(=O)NC(=O)N(Cc2ccccc2F)C2CCCC2)cc1. The number of sulfonamides is 1. The highest BCUT2D eigenvalue weighted by Crippen LogP contribution is 2.26. The van der Waals surface area contributed by atoms with Crippen molar-refractivity contribution in [2.24, 2.45) is 0 Å². The first-order valence-corrected chi connectivity index (χ1v) is 10.5. The number of hydrogen-bond donors (Lipinski definition) is 1. The van der Waals surface area contributed by atoms with Gasteiger partial charge in [-0.3, -0.25) is 0 Å². The molecule has 1 saturated carbocycles. The van der Waals surface area contributed by atoms with Gasteiger partial charge in [-0.05, 0) is 38.0 Å². The number of nitrogens with zero attached hydrogens (tertiary/aromatic N) is 1. The van der Waals surface area contributed by atoms with Gasteiger partial charge in [-0.25, -0.2) is 22.3 Å². The zero-order valence-corrected chi connectivity index (χ0v) is 16.0. The van der Waals surface area contributed by atoms with Crippen molar-refractivity contribution in [2.45, 2.75) is 50.1 Å². The van der Waals surface area contributed by atoms with Gasteiger partial charge in [0.2, 0.25) is 0 Å². The zero-order chi connectivity index (χ0) is 19.4. The molecule has 0 heterocycles. The van der Waals surface area contributed by atoms with Crippen molar-refractivity contribution in [1.82, 2.24) is 9.62 Å². The molecule has 0 radical (unpaired) electrons. The number of aryl methyl sites for hydroxylation is 1. The minimum Gasteiger partial charge on any atom is -0.317 e. The van der Waals surface area contributed by atoms with Gasteiger partial charge in [0.25, 0.3) is 10.0 Å². The van der Waals surface area contributed by atoms with Gasteiger partial charge in [0.15, 0.2) is 0 Å². The molecule has 0 aromatic heterocycles. The molecule has 2 amide bonds. The Kier molecular flexibility index (Phi) is 5.79. The second-order valence-corrected chi connectivity index (χ2v) is 8.56. The molecule has 3 rings (SSSR count). The quantitative estimate of drug-likeness (QED) is 0.840. The lowest BCUT2D eigenvalue weighted by atomic mass is 10.1. The van der Waals surface area contributed by atoms with Crippen LogP contribution in [0.2, 0.25) is 0 Å². The number of amides is 2. The minimum absolute atomic E-state index is 0.0266. The van der Waals surface area contributed by atoms with Crippen molar-refractivity contribution >= 4 is 16.1 Å². The van der Waals surface area contributed by atoms with E-state index in [0.29, 0.717) is 5.56 Å². The van der Waals surface area contributed by atoms with Gasteiger partial charge in [0.1, 0.15) is 5.82 Å². The number of hydrogen-bond acceptors (Lipinski definition) is 3. The van der Waals surface area contributed by atoms with Crippen LogP contribution in [0.25, 0.3) is 0 Å². The topological polar surface area (TPSA) is 66.5 Å². The summed E-state index contributed by atoms with van der Waals surface area (Å²) in [5, 5.41) is 0. The third-order valence-corrected chi connectivity index (χ3v) is 6.21. The Bertz CT molecular complexity index is 907. The molecular weight excluding hydrogens is 367 g/mol. The van der Waals surface area contributed by atoms with Gasteiger partial charge in [0.05, 0.1) is 11.4 Å². The molecule has 144 valence electrons. The van der Waals surface area contributed by atoms with E-state index in [1.807, 2.05) is 6.92 Å².